The second kappa shape index (κ2) is 4.24. The van der Waals surface area contributed by atoms with E-state index in [4.69, 9.17) is 4.74 Å². The first kappa shape index (κ1) is 9.87. The fourth-order valence-corrected chi connectivity index (χ4v) is 3.06. The van der Waals surface area contributed by atoms with Crippen molar-refractivity contribution in [1.82, 2.24) is 0 Å². The van der Waals surface area contributed by atoms with Crippen molar-refractivity contribution < 1.29 is 4.74 Å². The average molecular weight is 224 g/mol. The van der Waals surface area contributed by atoms with Gasteiger partial charge in [-0.15, -0.1) is 23.1 Å². The average Bonchev–Trinajstić information content (AvgIpc) is 2.62. The minimum atomic E-state index is 0.731. The fourth-order valence-electron chi connectivity index (χ4n) is 1.46. The third-order valence-corrected chi connectivity index (χ3v) is 3.75. The Balaban J connectivity index is 2.62. The summed E-state index contributed by atoms with van der Waals surface area (Å²) < 4.78 is 6.90. The molecule has 1 aromatic heterocycles. The molecule has 14 heavy (non-hydrogen) atoms. The molecule has 0 aliphatic rings. The normalized spacial score (nSPS) is 10.7. The van der Waals surface area contributed by atoms with Crippen LogP contribution in [0, 0.1) is 0 Å². The van der Waals surface area contributed by atoms with Gasteiger partial charge >= 0.3 is 0 Å². The van der Waals surface area contributed by atoms with Crippen molar-refractivity contribution in [3.8, 4) is 5.75 Å². The molecule has 0 saturated heterocycles. The lowest BCUT2D eigenvalue weighted by atomic mass is 10.2. The number of rotatable bonds is 3. The molecule has 2 rings (SSSR count). The molecule has 3 heteroatoms. The standard InChI is InChI=1S/C11H12OS2/c1-3-12-8-7-14-10-6-4-5-9(13-2)11(8)10/h4-7H,3H2,1-2H3. The van der Waals surface area contributed by atoms with Crippen LogP contribution in [0.25, 0.3) is 10.1 Å². The summed E-state index contributed by atoms with van der Waals surface area (Å²) in [6.45, 7) is 2.75. The van der Waals surface area contributed by atoms with E-state index in [0.29, 0.717) is 0 Å². The molecule has 1 nitrogen and oxygen atoms in total. The van der Waals surface area contributed by atoms with Gasteiger partial charge in [-0.2, -0.15) is 0 Å². The molecule has 0 saturated carbocycles. The van der Waals surface area contributed by atoms with E-state index in [9.17, 15) is 0 Å². The van der Waals surface area contributed by atoms with Crippen molar-refractivity contribution in [2.45, 2.75) is 11.8 Å². The van der Waals surface area contributed by atoms with Gasteiger partial charge < -0.3 is 4.74 Å². The van der Waals surface area contributed by atoms with E-state index in [-0.39, 0.29) is 0 Å². The summed E-state index contributed by atoms with van der Waals surface area (Å²) in [5, 5.41) is 3.36. The predicted molar refractivity (Wildman–Crippen MR) is 64.8 cm³/mol. The maximum atomic E-state index is 5.60. The Morgan fingerprint density at radius 1 is 1.43 bits per heavy atom. The van der Waals surface area contributed by atoms with Crippen molar-refractivity contribution in [3.05, 3.63) is 23.6 Å². The van der Waals surface area contributed by atoms with Crippen LogP contribution in [-0.2, 0) is 0 Å². The van der Waals surface area contributed by atoms with E-state index >= 15 is 0 Å². The Kier molecular flexibility index (Phi) is 2.99. The van der Waals surface area contributed by atoms with Crippen molar-refractivity contribution in [3.63, 3.8) is 0 Å². The zero-order chi connectivity index (χ0) is 9.97. The third kappa shape index (κ3) is 1.62. The van der Waals surface area contributed by atoms with E-state index in [2.05, 4.69) is 29.8 Å². The lowest BCUT2D eigenvalue weighted by Crippen LogP contribution is -1.89. The van der Waals surface area contributed by atoms with Crippen LogP contribution in [0.4, 0.5) is 0 Å². The number of fused-ring (bicyclic) bond motifs is 1. The Labute approximate surface area is 92.1 Å². The molecule has 0 bridgehead atoms. The first-order valence-electron chi connectivity index (χ1n) is 4.53. The highest BCUT2D eigenvalue weighted by Crippen LogP contribution is 2.38. The number of hydrogen-bond donors (Lipinski definition) is 0. The molecule has 74 valence electrons. The molecular formula is C11H12OS2. The zero-order valence-corrected chi connectivity index (χ0v) is 9.87. The van der Waals surface area contributed by atoms with E-state index in [1.54, 1.807) is 23.1 Å². The molecule has 0 fully saturated rings. The maximum absolute atomic E-state index is 5.60. The van der Waals surface area contributed by atoms with Crippen LogP contribution in [0.1, 0.15) is 6.92 Å². The monoisotopic (exact) mass is 224 g/mol. The molecule has 2 aromatic rings. The highest BCUT2D eigenvalue weighted by atomic mass is 32.2. The number of thioether (sulfide) groups is 1. The van der Waals surface area contributed by atoms with Crippen LogP contribution in [0.2, 0.25) is 0 Å². The fraction of sp³-hybridized carbons (Fsp3) is 0.273. The predicted octanol–water partition coefficient (Wildman–Crippen LogP) is 4.02. The highest BCUT2D eigenvalue weighted by molar-refractivity contribution is 7.98. The summed E-state index contributed by atoms with van der Waals surface area (Å²) in [7, 11) is 0. The van der Waals surface area contributed by atoms with Gasteiger partial charge in [-0.3, -0.25) is 0 Å². The van der Waals surface area contributed by atoms with Gasteiger partial charge in [-0.05, 0) is 25.3 Å². The number of benzene rings is 1. The third-order valence-electron chi connectivity index (χ3n) is 2.05. The Morgan fingerprint density at radius 3 is 3.00 bits per heavy atom. The smallest absolute Gasteiger partial charge is 0.138 e. The number of hydrogen-bond acceptors (Lipinski definition) is 3. The first-order chi connectivity index (χ1) is 6.86. The van der Waals surface area contributed by atoms with E-state index in [0.717, 1.165) is 12.4 Å². The highest BCUT2D eigenvalue weighted by Gasteiger charge is 2.08. The van der Waals surface area contributed by atoms with Crippen LogP contribution < -0.4 is 4.74 Å². The molecule has 0 N–H and O–H groups in total. The van der Waals surface area contributed by atoms with Crippen molar-refractivity contribution in [2.75, 3.05) is 12.9 Å². The summed E-state index contributed by atoms with van der Waals surface area (Å²) in [5.41, 5.74) is 0. The molecule has 0 atom stereocenters. The van der Waals surface area contributed by atoms with Crippen LogP contribution in [-0.4, -0.2) is 12.9 Å². The van der Waals surface area contributed by atoms with Crippen molar-refractivity contribution >= 4 is 33.2 Å². The molecule has 1 aromatic carbocycles. The summed E-state index contributed by atoms with van der Waals surface area (Å²) in [5.74, 6) is 1.03. The van der Waals surface area contributed by atoms with Gasteiger partial charge in [-0.25, -0.2) is 0 Å². The summed E-state index contributed by atoms with van der Waals surface area (Å²) in [6.07, 6.45) is 2.10. The second-order valence-electron chi connectivity index (χ2n) is 2.87. The van der Waals surface area contributed by atoms with Gasteiger partial charge in [0.2, 0.25) is 0 Å². The minimum Gasteiger partial charge on any atom is -0.492 e. The SMILES string of the molecule is CCOc1csc2cccc(SC)c12. The Bertz CT molecular complexity index is 434. The van der Waals surface area contributed by atoms with Crippen molar-refractivity contribution in [2.24, 2.45) is 0 Å². The second-order valence-corrected chi connectivity index (χ2v) is 4.63. The molecular weight excluding hydrogens is 212 g/mol. The van der Waals surface area contributed by atoms with E-state index in [1.807, 2.05) is 6.92 Å². The van der Waals surface area contributed by atoms with Crippen LogP contribution in [0.5, 0.6) is 5.75 Å². The van der Waals surface area contributed by atoms with Crippen molar-refractivity contribution in [1.29, 1.82) is 0 Å². The maximum Gasteiger partial charge on any atom is 0.138 e. The summed E-state index contributed by atoms with van der Waals surface area (Å²) in [4.78, 5) is 1.30. The lowest BCUT2D eigenvalue weighted by Gasteiger charge is -2.03. The largest absolute Gasteiger partial charge is 0.492 e. The van der Waals surface area contributed by atoms with Gasteiger partial charge in [0.1, 0.15) is 5.75 Å². The van der Waals surface area contributed by atoms with Crippen LogP contribution in [0.15, 0.2) is 28.5 Å². The molecule has 0 spiro atoms. The van der Waals surface area contributed by atoms with Gasteiger partial charge in [0.15, 0.2) is 0 Å². The van der Waals surface area contributed by atoms with Crippen LogP contribution in [0.3, 0.4) is 0 Å². The lowest BCUT2D eigenvalue weighted by molar-refractivity contribution is 0.345. The first-order valence-corrected chi connectivity index (χ1v) is 6.64. The Hall–Kier alpha value is -0.670. The quantitative estimate of drug-likeness (QED) is 0.728. The molecule has 0 radical (unpaired) electrons. The Morgan fingerprint density at radius 2 is 2.29 bits per heavy atom. The minimum absolute atomic E-state index is 0.731. The van der Waals surface area contributed by atoms with Gasteiger partial charge in [0.25, 0.3) is 0 Å². The molecule has 0 unspecified atom stereocenters. The molecule has 0 aliphatic carbocycles. The van der Waals surface area contributed by atoms with Crippen LogP contribution >= 0.6 is 23.1 Å². The van der Waals surface area contributed by atoms with E-state index in [1.165, 1.54) is 15.0 Å². The molecule has 0 amide bonds. The van der Waals surface area contributed by atoms with Gasteiger partial charge in [0.05, 0.1) is 6.61 Å². The summed E-state index contributed by atoms with van der Waals surface area (Å²) >= 11 is 3.51. The summed E-state index contributed by atoms with van der Waals surface area (Å²) in [6, 6.07) is 6.38. The zero-order valence-electron chi connectivity index (χ0n) is 8.24. The molecule has 1 heterocycles. The topological polar surface area (TPSA) is 9.23 Å². The van der Waals surface area contributed by atoms with Gasteiger partial charge in [0, 0.05) is 20.4 Å². The number of ether oxygens (including phenoxy) is 1. The van der Waals surface area contributed by atoms with Gasteiger partial charge in [-0.1, -0.05) is 6.07 Å². The number of thiophene rings is 1. The molecule has 0 aliphatic heterocycles. The van der Waals surface area contributed by atoms with E-state index < -0.39 is 0 Å².